The number of carbonyl (C=O) groups is 1. The Bertz CT molecular complexity index is 827. The fourth-order valence-corrected chi connectivity index (χ4v) is 3.82. The molecule has 144 valence electrons. The summed E-state index contributed by atoms with van der Waals surface area (Å²) in [6.45, 7) is 3.84. The molecule has 0 aromatic heterocycles. The first-order valence-electron chi connectivity index (χ1n) is 8.96. The minimum atomic E-state index is -0.465. The fourth-order valence-electron chi connectivity index (χ4n) is 3.51. The Labute approximate surface area is 168 Å². The van der Waals surface area contributed by atoms with Crippen LogP contribution in [0, 0.1) is 5.82 Å². The van der Waals surface area contributed by atoms with Gasteiger partial charge in [0.2, 0.25) is 5.91 Å². The maximum Gasteiger partial charge on any atom is 0.220 e. The van der Waals surface area contributed by atoms with Gasteiger partial charge in [0.25, 0.3) is 0 Å². The second-order valence-electron chi connectivity index (χ2n) is 7.21. The van der Waals surface area contributed by atoms with Crippen LogP contribution in [-0.4, -0.2) is 11.4 Å². The average molecular weight is 410 g/mol. The average Bonchev–Trinajstić information content (AvgIpc) is 2.63. The monoisotopic (exact) mass is 409 g/mol. The Morgan fingerprint density at radius 2 is 1.74 bits per heavy atom. The van der Waals surface area contributed by atoms with E-state index in [0.717, 1.165) is 11.1 Å². The lowest BCUT2D eigenvalue weighted by Crippen LogP contribution is -2.50. The van der Waals surface area contributed by atoms with E-state index in [1.165, 1.54) is 6.07 Å². The summed E-state index contributed by atoms with van der Waals surface area (Å²) in [5, 5.41) is 3.84. The predicted octanol–water partition coefficient (Wildman–Crippen LogP) is 6.01. The van der Waals surface area contributed by atoms with Crippen molar-refractivity contribution in [2.75, 3.05) is 0 Å². The van der Waals surface area contributed by atoms with E-state index in [1.807, 2.05) is 38.1 Å². The summed E-state index contributed by atoms with van der Waals surface area (Å²) in [4.78, 5) is 12.1. The van der Waals surface area contributed by atoms with E-state index in [-0.39, 0.29) is 23.1 Å². The van der Waals surface area contributed by atoms with Gasteiger partial charge in [-0.3, -0.25) is 4.79 Å². The third-order valence-corrected chi connectivity index (χ3v) is 5.46. The number of hydrogen-bond acceptors (Lipinski definition) is 2. The highest BCUT2D eigenvalue weighted by Crippen LogP contribution is 2.44. The highest BCUT2D eigenvalue weighted by Gasteiger charge is 2.40. The number of rotatable bonds is 4. The lowest BCUT2D eigenvalue weighted by molar-refractivity contribution is -0.128. The van der Waals surface area contributed by atoms with Gasteiger partial charge in [-0.15, -0.1) is 0 Å². The number of benzene rings is 2. The summed E-state index contributed by atoms with van der Waals surface area (Å²) in [6, 6.07) is 12.1. The smallest absolute Gasteiger partial charge is 0.220 e. The topological polar surface area (TPSA) is 38.3 Å². The molecular weight excluding hydrogens is 388 g/mol. The zero-order chi connectivity index (χ0) is 19.6. The van der Waals surface area contributed by atoms with Crippen LogP contribution in [0.5, 0.6) is 0 Å². The molecule has 0 spiro atoms. The van der Waals surface area contributed by atoms with E-state index in [1.54, 1.807) is 12.1 Å². The Morgan fingerprint density at radius 1 is 1.15 bits per heavy atom. The highest BCUT2D eigenvalue weighted by molar-refractivity contribution is 6.31. The molecule has 2 aromatic carbocycles. The number of hydrogen-bond donors (Lipinski definition) is 1. The lowest BCUT2D eigenvalue weighted by atomic mass is 9.81. The van der Waals surface area contributed by atoms with Crippen molar-refractivity contribution >= 4 is 29.1 Å². The Morgan fingerprint density at radius 3 is 2.33 bits per heavy atom. The van der Waals surface area contributed by atoms with Crippen LogP contribution in [0.3, 0.4) is 0 Å². The third-order valence-electron chi connectivity index (χ3n) is 4.92. The SMILES string of the molecule is CCC(=O)N[C@@]1(C)C[C@@H](c2ccc(Cl)cc2)O[C@@H](c2ccc(F)c(Cl)c2)C1. The molecule has 1 aliphatic heterocycles. The molecule has 2 aromatic rings. The van der Waals surface area contributed by atoms with Gasteiger partial charge in [0.15, 0.2) is 0 Å². The molecule has 1 saturated heterocycles. The maximum absolute atomic E-state index is 13.6. The standard InChI is InChI=1S/C21H22Cl2FNO2/c1-3-20(26)25-21(2)11-18(13-4-7-15(22)8-5-13)27-19(12-21)14-6-9-17(24)16(23)10-14/h4-10,18-19H,3,11-12H2,1-2H3,(H,25,26)/t18-,19+,21-/m0/s1. The van der Waals surface area contributed by atoms with Crippen LogP contribution in [-0.2, 0) is 9.53 Å². The zero-order valence-corrected chi connectivity index (χ0v) is 16.8. The van der Waals surface area contributed by atoms with Crippen molar-refractivity contribution in [1.29, 1.82) is 0 Å². The zero-order valence-electron chi connectivity index (χ0n) is 15.3. The first-order chi connectivity index (χ1) is 12.8. The van der Waals surface area contributed by atoms with Crippen molar-refractivity contribution in [3.8, 4) is 0 Å². The Balaban J connectivity index is 1.93. The summed E-state index contributed by atoms with van der Waals surface area (Å²) in [6.07, 6.45) is 1.07. The molecule has 1 aliphatic rings. The maximum atomic E-state index is 13.6. The van der Waals surface area contributed by atoms with Crippen LogP contribution in [0.1, 0.15) is 56.4 Å². The molecule has 1 amide bonds. The van der Waals surface area contributed by atoms with Crippen molar-refractivity contribution in [2.24, 2.45) is 0 Å². The minimum Gasteiger partial charge on any atom is -0.365 e. The van der Waals surface area contributed by atoms with Crippen LogP contribution in [0.15, 0.2) is 42.5 Å². The van der Waals surface area contributed by atoms with Crippen LogP contribution in [0.4, 0.5) is 4.39 Å². The minimum absolute atomic E-state index is 0.00913. The number of nitrogens with one attached hydrogen (secondary N) is 1. The summed E-state index contributed by atoms with van der Waals surface area (Å²) in [5.74, 6) is -0.474. The number of amides is 1. The van der Waals surface area contributed by atoms with Crippen LogP contribution in [0.25, 0.3) is 0 Å². The van der Waals surface area contributed by atoms with Gasteiger partial charge in [-0.05, 0) is 42.3 Å². The van der Waals surface area contributed by atoms with E-state index < -0.39 is 11.4 Å². The van der Waals surface area contributed by atoms with Crippen LogP contribution >= 0.6 is 23.2 Å². The quantitative estimate of drug-likeness (QED) is 0.671. The molecule has 0 radical (unpaired) electrons. The Hall–Kier alpha value is -1.62. The molecule has 27 heavy (non-hydrogen) atoms. The Kier molecular flexibility index (Phi) is 6.09. The molecule has 0 saturated carbocycles. The molecule has 6 heteroatoms. The molecule has 3 nitrogen and oxygen atoms in total. The molecule has 1 N–H and O–H groups in total. The van der Waals surface area contributed by atoms with Gasteiger partial charge in [-0.2, -0.15) is 0 Å². The molecule has 1 fully saturated rings. The fraction of sp³-hybridized carbons (Fsp3) is 0.381. The molecule has 0 bridgehead atoms. The van der Waals surface area contributed by atoms with Gasteiger partial charge in [0.1, 0.15) is 5.82 Å². The van der Waals surface area contributed by atoms with Gasteiger partial charge < -0.3 is 10.1 Å². The van der Waals surface area contributed by atoms with E-state index >= 15 is 0 Å². The van der Waals surface area contributed by atoms with E-state index in [4.69, 9.17) is 27.9 Å². The molecule has 3 atom stereocenters. The van der Waals surface area contributed by atoms with E-state index in [0.29, 0.717) is 24.3 Å². The van der Waals surface area contributed by atoms with Crippen molar-refractivity contribution in [2.45, 2.75) is 50.9 Å². The predicted molar refractivity (Wildman–Crippen MR) is 106 cm³/mol. The summed E-state index contributed by atoms with van der Waals surface area (Å²) in [7, 11) is 0. The number of halogens is 3. The first-order valence-corrected chi connectivity index (χ1v) is 9.72. The van der Waals surface area contributed by atoms with Gasteiger partial charge in [-0.25, -0.2) is 4.39 Å². The lowest BCUT2D eigenvalue weighted by Gasteiger charge is -2.43. The molecule has 0 aliphatic carbocycles. The number of carbonyl (C=O) groups excluding carboxylic acids is 1. The molecular formula is C21H22Cl2FNO2. The van der Waals surface area contributed by atoms with Crippen LogP contribution < -0.4 is 5.32 Å². The first kappa shape index (κ1) is 20.1. The van der Waals surface area contributed by atoms with Crippen molar-refractivity contribution < 1.29 is 13.9 Å². The number of ether oxygens (including phenoxy) is 1. The summed E-state index contributed by atoms with van der Waals surface area (Å²) in [5.41, 5.74) is 1.31. The summed E-state index contributed by atoms with van der Waals surface area (Å²) >= 11 is 12.0. The van der Waals surface area contributed by atoms with Crippen molar-refractivity contribution in [3.05, 3.63) is 69.5 Å². The van der Waals surface area contributed by atoms with E-state index in [2.05, 4.69) is 5.32 Å². The second-order valence-corrected chi connectivity index (χ2v) is 8.05. The summed E-state index contributed by atoms with van der Waals surface area (Å²) < 4.78 is 19.9. The van der Waals surface area contributed by atoms with Crippen molar-refractivity contribution in [3.63, 3.8) is 0 Å². The van der Waals surface area contributed by atoms with Gasteiger partial charge in [0.05, 0.1) is 17.2 Å². The van der Waals surface area contributed by atoms with Gasteiger partial charge >= 0.3 is 0 Å². The van der Waals surface area contributed by atoms with Gasteiger partial charge in [0, 0.05) is 29.8 Å². The molecule has 3 rings (SSSR count). The van der Waals surface area contributed by atoms with Crippen molar-refractivity contribution in [1.82, 2.24) is 5.32 Å². The molecule has 1 heterocycles. The van der Waals surface area contributed by atoms with E-state index in [9.17, 15) is 9.18 Å². The second kappa shape index (κ2) is 8.17. The van der Waals surface area contributed by atoms with Gasteiger partial charge in [-0.1, -0.05) is 48.3 Å². The third kappa shape index (κ3) is 4.81. The molecule has 0 unspecified atom stereocenters. The van der Waals surface area contributed by atoms with Crippen LogP contribution in [0.2, 0.25) is 10.0 Å². The highest BCUT2D eigenvalue weighted by atomic mass is 35.5. The normalized spacial score (nSPS) is 25.2. The largest absolute Gasteiger partial charge is 0.365 e.